The van der Waals surface area contributed by atoms with Crippen molar-refractivity contribution in [3.63, 3.8) is 0 Å². The monoisotopic (exact) mass is 445 g/mol. The standard InChI is InChI=1S/C23H31N3O2S2/c1-3-24-23(25-15-13-19-9-11-22(12-10-19)30(2,27)28)26-16-14-20(17-26)18-29-21-7-5-4-6-8-21/h4-12,20H,3,13-18H2,1-2H3,(H,24,25). The number of guanidine groups is 1. The molecule has 162 valence electrons. The van der Waals surface area contributed by atoms with E-state index in [0.29, 0.717) is 17.4 Å². The summed E-state index contributed by atoms with van der Waals surface area (Å²) < 4.78 is 23.2. The summed E-state index contributed by atoms with van der Waals surface area (Å²) in [6, 6.07) is 17.7. The molecule has 3 rings (SSSR count). The van der Waals surface area contributed by atoms with E-state index in [1.165, 1.54) is 17.6 Å². The molecule has 2 aromatic carbocycles. The van der Waals surface area contributed by atoms with Crippen LogP contribution in [0.25, 0.3) is 0 Å². The second-order valence-electron chi connectivity index (χ2n) is 7.63. The van der Waals surface area contributed by atoms with Gasteiger partial charge >= 0.3 is 0 Å². The molecule has 1 heterocycles. The molecule has 0 saturated carbocycles. The highest BCUT2D eigenvalue weighted by molar-refractivity contribution is 7.99. The molecule has 0 aliphatic carbocycles. The fourth-order valence-electron chi connectivity index (χ4n) is 3.51. The number of likely N-dealkylation sites (tertiary alicyclic amines) is 1. The zero-order valence-corrected chi connectivity index (χ0v) is 19.4. The topological polar surface area (TPSA) is 61.8 Å². The van der Waals surface area contributed by atoms with Crippen LogP contribution in [0.2, 0.25) is 0 Å². The Morgan fingerprint density at radius 1 is 1.17 bits per heavy atom. The molecule has 5 nitrogen and oxygen atoms in total. The molecule has 1 atom stereocenters. The van der Waals surface area contributed by atoms with Crippen molar-refractivity contribution < 1.29 is 8.42 Å². The first-order valence-corrected chi connectivity index (χ1v) is 13.3. The summed E-state index contributed by atoms with van der Waals surface area (Å²) in [6.07, 6.45) is 3.22. The number of nitrogens with zero attached hydrogens (tertiary/aromatic N) is 2. The van der Waals surface area contributed by atoms with E-state index in [1.807, 2.05) is 23.9 Å². The van der Waals surface area contributed by atoms with Gasteiger partial charge in [0, 0.05) is 43.1 Å². The molecule has 1 fully saturated rings. The number of thioether (sulfide) groups is 1. The smallest absolute Gasteiger partial charge is 0.193 e. The summed E-state index contributed by atoms with van der Waals surface area (Å²) >= 11 is 1.93. The van der Waals surface area contributed by atoms with Crippen molar-refractivity contribution in [3.05, 3.63) is 60.2 Å². The SMILES string of the molecule is CCNC(=NCCc1ccc(S(C)(=O)=O)cc1)N1CCC(CSc2ccccc2)C1. The first-order valence-electron chi connectivity index (χ1n) is 10.5. The van der Waals surface area contributed by atoms with E-state index in [0.717, 1.165) is 43.3 Å². The predicted molar refractivity (Wildman–Crippen MR) is 126 cm³/mol. The molecule has 1 aliphatic heterocycles. The van der Waals surface area contributed by atoms with Crippen LogP contribution in [-0.4, -0.2) is 57.5 Å². The second-order valence-corrected chi connectivity index (χ2v) is 10.7. The summed E-state index contributed by atoms with van der Waals surface area (Å²) in [5.41, 5.74) is 1.10. The highest BCUT2D eigenvalue weighted by Gasteiger charge is 2.24. The lowest BCUT2D eigenvalue weighted by molar-refractivity contribution is 0.474. The van der Waals surface area contributed by atoms with Crippen LogP contribution in [0.4, 0.5) is 0 Å². The van der Waals surface area contributed by atoms with Gasteiger partial charge in [0.05, 0.1) is 4.90 Å². The normalized spacial score (nSPS) is 17.3. The van der Waals surface area contributed by atoms with E-state index in [-0.39, 0.29) is 0 Å². The van der Waals surface area contributed by atoms with E-state index in [9.17, 15) is 8.42 Å². The van der Waals surface area contributed by atoms with Crippen LogP contribution in [-0.2, 0) is 16.3 Å². The lowest BCUT2D eigenvalue weighted by Crippen LogP contribution is -2.40. The molecular weight excluding hydrogens is 414 g/mol. The molecule has 0 spiro atoms. The average Bonchev–Trinajstić information content (AvgIpc) is 3.21. The highest BCUT2D eigenvalue weighted by atomic mass is 32.2. The van der Waals surface area contributed by atoms with E-state index in [4.69, 9.17) is 4.99 Å². The summed E-state index contributed by atoms with van der Waals surface area (Å²) in [6.45, 7) is 5.70. The van der Waals surface area contributed by atoms with Crippen LogP contribution in [0.5, 0.6) is 0 Å². The van der Waals surface area contributed by atoms with Crippen molar-refractivity contribution in [1.82, 2.24) is 10.2 Å². The van der Waals surface area contributed by atoms with Crippen molar-refractivity contribution in [1.29, 1.82) is 0 Å². The maximum Gasteiger partial charge on any atom is 0.193 e. The first kappa shape index (κ1) is 22.7. The molecule has 1 N–H and O–H groups in total. The van der Waals surface area contributed by atoms with Gasteiger partial charge in [0.1, 0.15) is 0 Å². The van der Waals surface area contributed by atoms with Crippen molar-refractivity contribution in [3.8, 4) is 0 Å². The minimum absolute atomic E-state index is 0.361. The van der Waals surface area contributed by atoms with Crippen molar-refractivity contribution in [2.75, 3.05) is 38.2 Å². The molecular formula is C23H31N3O2S2. The second kappa shape index (κ2) is 10.9. The Bertz CT molecular complexity index is 929. The van der Waals surface area contributed by atoms with Crippen molar-refractivity contribution in [2.24, 2.45) is 10.9 Å². The van der Waals surface area contributed by atoms with Crippen molar-refractivity contribution in [2.45, 2.75) is 29.6 Å². The van der Waals surface area contributed by atoms with E-state index < -0.39 is 9.84 Å². The zero-order valence-electron chi connectivity index (χ0n) is 17.8. The fourth-order valence-corrected chi connectivity index (χ4v) is 5.19. The van der Waals surface area contributed by atoms with E-state index in [1.54, 1.807) is 12.1 Å². The van der Waals surface area contributed by atoms with Gasteiger partial charge in [0.15, 0.2) is 15.8 Å². The Morgan fingerprint density at radius 2 is 1.90 bits per heavy atom. The largest absolute Gasteiger partial charge is 0.357 e. The Morgan fingerprint density at radius 3 is 2.57 bits per heavy atom. The summed E-state index contributed by atoms with van der Waals surface area (Å²) in [7, 11) is -3.15. The van der Waals surface area contributed by atoms with Crippen LogP contribution in [0.1, 0.15) is 18.9 Å². The Hall–Kier alpha value is -1.99. The lowest BCUT2D eigenvalue weighted by atomic mass is 10.1. The third-order valence-electron chi connectivity index (χ3n) is 5.16. The van der Waals surface area contributed by atoms with Crippen LogP contribution in [0.15, 0.2) is 69.4 Å². The molecule has 0 aromatic heterocycles. The Labute approximate surface area is 184 Å². The quantitative estimate of drug-likeness (QED) is 0.381. The van der Waals surface area contributed by atoms with E-state index >= 15 is 0 Å². The number of benzene rings is 2. The number of rotatable bonds is 8. The molecule has 0 bridgehead atoms. The predicted octanol–water partition coefficient (Wildman–Crippen LogP) is 3.71. The van der Waals surface area contributed by atoms with Crippen molar-refractivity contribution >= 4 is 27.6 Å². The van der Waals surface area contributed by atoms with Gasteiger partial charge in [0.2, 0.25) is 0 Å². The molecule has 1 aliphatic rings. The summed E-state index contributed by atoms with van der Waals surface area (Å²) in [5, 5.41) is 3.42. The van der Waals surface area contributed by atoms with Gasteiger partial charge in [-0.1, -0.05) is 30.3 Å². The van der Waals surface area contributed by atoms with Gasteiger partial charge in [-0.15, -0.1) is 11.8 Å². The lowest BCUT2D eigenvalue weighted by Gasteiger charge is -2.21. The molecule has 0 amide bonds. The first-order chi connectivity index (χ1) is 14.5. The number of hydrogen-bond donors (Lipinski definition) is 1. The van der Waals surface area contributed by atoms with Crippen LogP contribution in [0.3, 0.4) is 0 Å². The Balaban J connectivity index is 1.51. The van der Waals surface area contributed by atoms with Gasteiger partial charge in [-0.25, -0.2) is 8.42 Å². The van der Waals surface area contributed by atoms with Gasteiger partial charge in [-0.05, 0) is 55.5 Å². The average molecular weight is 446 g/mol. The van der Waals surface area contributed by atoms with E-state index in [2.05, 4.69) is 47.5 Å². The third kappa shape index (κ3) is 6.77. The molecule has 2 aromatic rings. The highest BCUT2D eigenvalue weighted by Crippen LogP contribution is 2.25. The van der Waals surface area contributed by atoms with Gasteiger partial charge < -0.3 is 10.2 Å². The zero-order chi connectivity index (χ0) is 21.4. The molecule has 1 unspecified atom stereocenters. The minimum atomic E-state index is -3.15. The number of hydrogen-bond acceptors (Lipinski definition) is 4. The maximum atomic E-state index is 11.6. The van der Waals surface area contributed by atoms with Gasteiger partial charge in [0.25, 0.3) is 0 Å². The fraction of sp³-hybridized carbons (Fsp3) is 0.435. The molecule has 0 radical (unpaired) electrons. The minimum Gasteiger partial charge on any atom is -0.357 e. The van der Waals surface area contributed by atoms with Crippen LogP contribution >= 0.6 is 11.8 Å². The summed E-state index contributed by atoms with van der Waals surface area (Å²) in [4.78, 5) is 8.88. The maximum absolute atomic E-state index is 11.6. The van der Waals surface area contributed by atoms with Gasteiger partial charge in [-0.2, -0.15) is 0 Å². The third-order valence-corrected chi connectivity index (χ3v) is 7.53. The number of sulfone groups is 1. The molecule has 1 saturated heterocycles. The molecule has 7 heteroatoms. The van der Waals surface area contributed by atoms with Crippen LogP contribution in [0, 0.1) is 5.92 Å². The number of aliphatic imine (C=N–C) groups is 1. The Kier molecular flexibility index (Phi) is 8.22. The molecule has 30 heavy (non-hydrogen) atoms. The van der Waals surface area contributed by atoms with Crippen LogP contribution < -0.4 is 5.32 Å². The van der Waals surface area contributed by atoms with Gasteiger partial charge in [-0.3, -0.25) is 4.99 Å². The summed E-state index contributed by atoms with van der Waals surface area (Å²) in [5.74, 6) is 2.78. The number of nitrogens with one attached hydrogen (secondary N) is 1.